The highest BCUT2D eigenvalue weighted by Gasteiger charge is 2.35. The van der Waals surface area contributed by atoms with Crippen LogP contribution in [0.25, 0.3) is 10.9 Å². The Labute approximate surface area is 188 Å². The highest BCUT2D eigenvalue weighted by atomic mass is 32.2. The summed E-state index contributed by atoms with van der Waals surface area (Å²) in [5.41, 5.74) is 0.0224. The van der Waals surface area contributed by atoms with E-state index in [1.165, 1.54) is 42.7 Å². The number of ether oxygens (including phenoxy) is 1. The number of carbonyl (C=O) groups excluding carboxylic acids is 3. The predicted molar refractivity (Wildman–Crippen MR) is 119 cm³/mol. The van der Waals surface area contributed by atoms with Crippen LogP contribution < -0.4 is 4.90 Å². The molecule has 0 bridgehead atoms. The number of carbonyl (C=O) groups is 3. The first-order chi connectivity index (χ1) is 15.9. The first-order valence-electron chi connectivity index (χ1n) is 9.86. The number of imide groups is 1. The lowest BCUT2D eigenvalue weighted by Crippen LogP contribution is -2.41. The number of amides is 2. The number of Topliss-reactive ketones (excluding diaryl/α,β-unsaturated/α-hetero) is 1. The molecule has 0 N–H and O–H groups in total. The SMILES string of the molecule is CCOC(=O)N(C(=O)C(=O)c1cn(S(=O)(=O)c2ccccc2)c2ccccc12)c1ccco1. The fourth-order valence-corrected chi connectivity index (χ4v) is 4.70. The molecule has 2 aromatic carbocycles. The van der Waals surface area contributed by atoms with Gasteiger partial charge in [0.2, 0.25) is 5.88 Å². The van der Waals surface area contributed by atoms with Crippen LogP contribution in [0.3, 0.4) is 0 Å². The smallest absolute Gasteiger partial charge is 0.424 e. The van der Waals surface area contributed by atoms with E-state index in [0.717, 1.165) is 10.2 Å². The molecule has 4 aromatic rings. The minimum absolute atomic E-state index is 0.0137. The third-order valence-electron chi connectivity index (χ3n) is 4.80. The second-order valence-corrected chi connectivity index (χ2v) is 8.61. The van der Waals surface area contributed by atoms with E-state index >= 15 is 0 Å². The van der Waals surface area contributed by atoms with Crippen molar-refractivity contribution in [1.82, 2.24) is 3.97 Å². The van der Waals surface area contributed by atoms with Crippen LogP contribution in [0.5, 0.6) is 0 Å². The summed E-state index contributed by atoms with van der Waals surface area (Å²) in [6, 6.07) is 16.7. The lowest BCUT2D eigenvalue weighted by Gasteiger charge is -2.16. The summed E-state index contributed by atoms with van der Waals surface area (Å²) in [5, 5.41) is 0.235. The average molecular weight is 466 g/mol. The Morgan fingerprint density at radius 1 is 0.970 bits per heavy atom. The minimum Gasteiger partial charge on any atom is -0.449 e. The van der Waals surface area contributed by atoms with Gasteiger partial charge in [-0.2, -0.15) is 4.90 Å². The summed E-state index contributed by atoms with van der Waals surface area (Å²) in [4.78, 5) is 39.2. The van der Waals surface area contributed by atoms with Gasteiger partial charge >= 0.3 is 12.0 Å². The van der Waals surface area contributed by atoms with Crippen LogP contribution in [0.2, 0.25) is 0 Å². The molecule has 0 aliphatic heterocycles. The van der Waals surface area contributed by atoms with Gasteiger partial charge in [-0.25, -0.2) is 17.2 Å². The molecule has 0 radical (unpaired) electrons. The summed E-state index contributed by atoms with van der Waals surface area (Å²) in [6.07, 6.45) is 1.22. The number of hydrogen-bond acceptors (Lipinski definition) is 7. The molecule has 33 heavy (non-hydrogen) atoms. The standard InChI is InChI=1S/C23H18N2O7S/c1-2-31-23(28)25(20-13-8-14-32-20)22(27)21(26)18-15-24(19-12-7-6-11-17(18)19)33(29,30)16-9-4-3-5-10-16/h3-15H,2H2,1H3. The third-order valence-corrected chi connectivity index (χ3v) is 6.48. The molecule has 9 nitrogen and oxygen atoms in total. The van der Waals surface area contributed by atoms with Crippen LogP contribution in [0.4, 0.5) is 10.7 Å². The molecule has 2 heterocycles. The Bertz CT molecular complexity index is 1440. The highest BCUT2D eigenvalue weighted by Crippen LogP contribution is 2.27. The van der Waals surface area contributed by atoms with Crippen LogP contribution in [0.1, 0.15) is 17.3 Å². The Morgan fingerprint density at radius 3 is 2.33 bits per heavy atom. The van der Waals surface area contributed by atoms with Crippen molar-refractivity contribution in [3.05, 3.63) is 84.8 Å². The normalized spacial score (nSPS) is 11.3. The Kier molecular flexibility index (Phi) is 5.84. The molecule has 168 valence electrons. The van der Waals surface area contributed by atoms with Crippen molar-refractivity contribution in [3.8, 4) is 0 Å². The zero-order valence-electron chi connectivity index (χ0n) is 17.4. The van der Waals surface area contributed by atoms with E-state index in [-0.39, 0.29) is 33.9 Å². The van der Waals surface area contributed by atoms with Gasteiger partial charge in [-0.1, -0.05) is 36.4 Å². The van der Waals surface area contributed by atoms with E-state index in [9.17, 15) is 22.8 Å². The van der Waals surface area contributed by atoms with Gasteiger partial charge in [-0.05, 0) is 31.2 Å². The van der Waals surface area contributed by atoms with Gasteiger partial charge in [0.05, 0.1) is 28.8 Å². The topological polar surface area (TPSA) is 116 Å². The molecular weight excluding hydrogens is 448 g/mol. The van der Waals surface area contributed by atoms with Crippen LogP contribution in [0.15, 0.2) is 88.5 Å². The van der Waals surface area contributed by atoms with Crippen LogP contribution in [-0.2, 0) is 19.6 Å². The number of furan rings is 1. The Hall–Kier alpha value is -4.18. The fraction of sp³-hybridized carbons (Fsp3) is 0.0870. The first kappa shape index (κ1) is 22.0. The molecule has 0 fully saturated rings. The molecule has 2 aromatic heterocycles. The molecule has 0 aliphatic rings. The van der Waals surface area contributed by atoms with Gasteiger partial charge < -0.3 is 9.15 Å². The molecule has 4 rings (SSSR count). The van der Waals surface area contributed by atoms with E-state index in [2.05, 4.69) is 0 Å². The summed E-state index contributed by atoms with van der Waals surface area (Å²) in [6.45, 7) is 1.51. The lowest BCUT2D eigenvalue weighted by molar-refractivity contribution is -0.114. The lowest BCUT2D eigenvalue weighted by atomic mass is 10.1. The number of nitrogens with zero attached hydrogens (tertiary/aromatic N) is 2. The van der Waals surface area contributed by atoms with Gasteiger partial charge in [0.1, 0.15) is 0 Å². The summed E-state index contributed by atoms with van der Waals surface area (Å²) in [5.74, 6) is -2.55. The second kappa shape index (κ2) is 8.75. The zero-order chi connectivity index (χ0) is 23.6. The number of rotatable bonds is 6. The van der Waals surface area contributed by atoms with Crippen LogP contribution in [-0.4, -0.2) is 36.8 Å². The minimum atomic E-state index is -4.06. The zero-order valence-corrected chi connectivity index (χ0v) is 18.2. The summed E-state index contributed by atoms with van der Waals surface area (Å²) in [7, 11) is -4.06. The number of hydrogen-bond donors (Lipinski definition) is 0. The molecule has 0 spiro atoms. The van der Waals surface area contributed by atoms with Crippen molar-refractivity contribution < 1.29 is 32.0 Å². The maximum atomic E-state index is 13.2. The monoisotopic (exact) mass is 466 g/mol. The predicted octanol–water partition coefficient (Wildman–Crippen LogP) is 3.84. The van der Waals surface area contributed by atoms with Crippen molar-refractivity contribution in [2.75, 3.05) is 11.5 Å². The molecule has 0 saturated heterocycles. The Balaban J connectivity index is 1.83. The molecule has 10 heteroatoms. The van der Waals surface area contributed by atoms with Crippen molar-refractivity contribution >= 4 is 44.6 Å². The maximum absolute atomic E-state index is 13.2. The van der Waals surface area contributed by atoms with Crippen molar-refractivity contribution in [3.63, 3.8) is 0 Å². The van der Waals surface area contributed by atoms with Gasteiger partial charge in [0.25, 0.3) is 15.8 Å². The molecule has 0 aliphatic carbocycles. The van der Waals surface area contributed by atoms with Gasteiger partial charge in [0, 0.05) is 17.6 Å². The quantitative estimate of drug-likeness (QED) is 0.313. The van der Waals surface area contributed by atoms with Crippen molar-refractivity contribution in [2.45, 2.75) is 11.8 Å². The van der Waals surface area contributed by atoms with E-state index in [1.54, 1.807) is 37.3 Å². The fourth-order valence-electron chi connectivity index (χ4n) is 3.31. The second-order valence-electron chi connectivity index (χ2n) is 6.79. The van der Waals surface area contributed by atoms with E-state index in [0.29, 0.717) is 4.90 Å². The Morgan fingerprint density at radius 2 is 1.67 bits per heavy atom. The largest absolute Gasteiger partial charge is 0.449 e. The highest BCUT2D eigenvalue weighted by molar-refractivity contribution is 7.90. The molecule has 0 unspecified atom stereocenters. The molecular formula is C23H18N2O7S. The first-order valence-corrected chi connectivity index (χ1v) is 11.3. The maximum Gasteiger partial charge on any atom is 0.424 e. The third kappa shape index (κ3) is 3.92. The van der Waals surface area contributed by atoms with Crippen molar-refractivity contribution in [2.24, 2.45) is 0 Å². The average Bonchev–Trinajstić information content (AvgIpc) is 3.48. The number of ketones is 1. The van der Waals surface area contributed by atoms with E-state index in [4.69, 9.17) is 9.15 Å². The molecule has 2 amide bonds. The van der Waals surface area contributed by atoms with E-state index in [1.807, 2.05) is 0 Å². The van der Waals surface area contributed by atoms with Crippen LogP contribution in [0, 0.1) is 0 Å². The van der Waals surface area contributed by atoms with Gasteiger partial charge in [-0.15, -0.1) is 0 Å². The summed E-state index contributed by atoms with van der Waals surface area (Å²) < 4.78 is 37.4. The van der Waals surface area contributed by atoms with Crippen LogP contribution >= 0.6 is 0 Å². The number of para-hydroxylation sites is 1. The molecule has 0 saturated carbocycles. The number of anilines is 1. The number of aromatic nitrogens is 1. The molecule has 0 atom stereocenters. The number of fused-ring (bicyclic) bond motifs is 1. The van der Waals surface area contributed by atoms with Gasteiger partial charge in [-0.3, -0.25) is 9.59 Å². The van der Waals surface area contributed by atoms with Gasteiger partial charge in [0.15, 0.2) is 0 Å². The van der Waals surface area contributed by atoms with Crippen molar-refractivity contribution in [1.29, 1.82) is 0 Å². The number of benzene rings is 2. The van der Waals surface area contributed by atoms with E-state index < -0.39 is 27.8 Å². The summed E-state index contributed by atoms with van der Waals surface area (Å²) >= 11 is 0.